The highest BCUT2D eigenvalue weighted by Gasteiger charge is 2.47. The third-order valence-electron chi connectivity index (χ3n) is 4.96. The van der Waals surface area contributed by atoms with Crippen LogP contribution in [0.1, 0.15) is 31.3 Å². The highest BCUT2D eigenvalue weighted by atomic mass is 16.3. The molecule has 23 heavy (non-hydrogen) atoms. The van der Waals surface area contributed by atoms with E-state index in [2.05, 4.69) is 11.8 Å². The molecule has 2 amide bonds. The van der Waals surface area contributed by atoms with E-state index in [-0.39, 0.29) is 30.4 Å². The molecule has 1 aromatic rings. The van der Waals surface area contributed by atoms with Gasteiger partial charge in [0.05, 0.1) is 6.54 Å². The topological polar surface area (TPSA) is 57.0 Å². The van der Waals surface area contributed by atoms with Gasteiger partial charge in [-0.2, -0.15) is 0 Å². The molecule has 6 heteroatoms. The highest BCUT2D eigenvalue weighted by Crippen LogP contribution is 2.33. The summed E-state index contributed by atoms with van der Waals surface area (Å²) in [4.78, 5) is 29.9. The lowest BCUT2D eigenvalue weighted by atomic mass is 10.1. The third kappa shape index (κ3) is 3.13. The molecule has 0 unspecified atom stereocenters. The molecule has 0 saturated carbocycles. The van der Waals surface area contributed by atoms with Crippen molar-refractivity contribution in [3.8, 4) is 0 Å². The Morgan fingerprint density at radius 1 is 1.30 bits per heavy atom. The fourth-order valence-electron chi connectivity index (χ4n) is 3.60. The lowest BCUT2D eigenvalue weighted by Crippen LogP contribution is -2.43. The van der Waals surface area contributed by atoms with Gasteiger partial charge < -0.3 is 14.2 Å². The summed E-state index contributed by atoms with van der Waals surface area (Å²) in [5.41, 5.74) is 0. The zero-order valence-electron chi connectivity index (χ0n) is 14.1. The fraction of sp³-hybridized carbons (Fsp3) is 0.647. The van der Waals surface area contributed by atoms with Gasteiger partial charge in [-0.05, 0) is 18.6 Å². The third-order valence-corrected chi connectivity index (χ3v) is 4.96. The summed E-state index contributed by atoms with van der Waals surface area (Å²) in [5.74, 6) is 2.03. The fourth-order valence-corrected chi connectivity index (χ4v) is 3.60. The maximum atomic E-state index is 12.3. The van der Waals surface area contributed by atoms with Crippen LogP contribution in [0.25, 0.3) is 0 Å². The number of amides is 2. The first-order valence-electron chi connectivity index (χ1n) is 8.31. The number of rotatable bonds is 5. The van der Waals surface area contributed by atoms with Crippen molar-refractivity contribution in [1.29, 1.82) is 0 Å². The Bertz CT molecular complexity index is 596. The summed E-state index contributed by atoms with van der Waals surface area (Å²) in [6.45, 7) is 3.95. The van der Waals surface area contributed by atoms with E-state index < -0.39 is 0 Å². The van der Waals surface area contributed by atoms with E-state index in [0.29, 0.717) is 6.42 Å². The van der Waals surface area contributed by atoms with Crippen LogP contribution in [0.3, 0.4) is 0 Å². The van der Waals surface area contributed by atoms with Crippen LogP contribution in [0.5, 0.6) is 0 Å². The number of hydrogen-bond acceptors (Lipinski definition) is 4. The Kier molecular flexibility index (Phi) is 4.43. The second-order valence-electron chi connectivity index (χ2n) is 6.63. The van der Waals surface area contributed by atoms with Gasteiger partial charge in [0.15, 0.2) is 0 Å². The van der Waals surface area contributed by atoms with Crippen LogP contribution in [0, 0.1) is 0 Å². The lowest BCUT2D eigenvalue weighted by Gasteiger charge is -2.25. The maximum absolute atomic E-state index is 12.3. The van der Waals surface area contributed by atoms with Crippen molar-refractivity contribution in [2.45, 2.75) is 44.8 Å². The average Bonchev–Trinajstić information content (AvgIpc) is 3.19. The number of fused-ring (bicyclic) bond motifs is 1. The van der Waals surface area contributed by atoms with E-state index in [1.165, 1.54) is 0 Å². The molecule has 0 aliphatic carbocycles. The van der Waals surface area contributed by atoms with Gasteiger partial charge in [0, 0.05) is 45.6 Å². The van der Waals surface area contributed by atoms with E-state index in [0.717, 1.165) is 37.5 Å². The zero-order chi connectivity index (χ0) is 16.6. The summed E-state index contributed by atoms with van der Waals surface area (Å²) in [7, 11) is 3.45. The molecule has 0 radical (unpaired) electrons. The number of hydrogen-bond donors (Lipinski definition) is 0. The minimum absolute atomic E-state index is 0.0175. The molecule has 2 saturated heterocycles. The SMILES string of the molecule is CCc1ccc(CN2CC[C@@H]3[C@@H]2CC(=O)N3CC(=O)N(C)C)o1. The molecule has 3 heterocycles. The minimum Gasteiger partial charge on any atom is -0.465 e. The van der Waals surface area contributed by atoms with Crippen LogP contribution in [0.15, 0.2) is 16.5 Å². The van der Waals surface area contributed by atoms with Gasteiger partial charge >= 0.3 is 0 Å². The van der Waals surface area contributed by atoms with E-state index in [9.17, 15) is 9.59 Å². The first kappa shape index (κ1) is 16.1. The molecule has 1 aromatic heterocycles. The summed E-state index contributed by atoms with van der Waals surface area (Å²) in [6, 6.07) is 4.40. The zero-order valence-corrected chi connectivity index (χ0v) is 14.1. The summed E-state index contributed by atoms with van der Waals surface area (Å²) < 4.78 is 5.79. The number of nitrogens with zero attached hydrogens (tertiary/aromatic N) is 3. The number of carbonyl (C=O) groups is 2. The molecule has 0 spiro atoms. The van der Waals surface area contributed by atoms with E-state index >= 15 is 0 Å². The maximum Gasteiger partial charge on any atom is 0.241 e. The summed E-state index contributed by atoms with van der Waals surface area (Å²) in [5, 5.41) is 0. The Hall–Kier alpha value is -1.82. The molecular weight excluding hydrogens is 294 g/mol. The highest BCUT2D eigenvalue weighted by molar-refractivity contribution is 5.86. The lowest BCUT2D eigenvalue weighted by molar-refractivity contribution is -0.138. The first-order chi connectivity index (χ1) is 11.0. The number of aryl methyl sites for hydroxylation is 1. The van der Waals surface area contributed by atoms with Crippen molar-refractivity contribution in [2.75, 3.05) is 27.2 Å². The van der Waals surface area contributed by atoms with Gasteiger partial charge in [0.2, 0.25) is 11.8 Å². The van der Waals surface area contributed by atoms with Gasteiger partial charge in [-0.3, -0.25) is 14.5 Å². The molecule has 3 rings (SSSR count). The average molecular weight is 319 g/mol. The Labute approximate surface area is 137 Å². The van der Waals surface area contributed by atoms with Gasteiger partial charge in [0.1, 0.15) is 18.1 Å². The summed E-state index contributed by atoms with van der Waals surface area (Å²) >= 11 is 0. The Morgan fingerprint density at radius 3 is 2.70 bits per heavy atom. The van der Waals surface area contributed by atoms with E-state index in [4.69, 9.17) is 4.42 Å². The van der Waals surface area contributed by atoms with Crippen LogP contribution < -0.4 is 0 Å². The van der Waals surface area contributed by atoms with Crippen LogP contribution >= 0.6 is 0 Å². The van der Waals surface area contributed by atoms with Crippen molar-refractivity contribution in [2.24, 2.45) is 0 Å². The monoisotopic (exact) mass is 319 g/mol. The molecule has 6 nitrogen and oxygen atoms in total. The molecular formula is C17H25N3O3. The van der Waals surface area contributed by atoms with Gasteiger partial charge in [-0.25, -0.2) is 0 Å². The van der Waals surface area contributed by atoms with Crippen LogP contribution in [0.2, 0.25) is 0 Å². The molecule has 0 aromatic carbocycles. The van der Waals surface area contributed by atoms with Crippen molar-refractivity contribution >= 4 is 11.8 Å². The van der Waals surface area contributed by atoms with Crippen LogP contribution in [0.4, 0.5) is 0 Å². The molecule has 2 aliphatic heterocycles. The van der Waals surface area contributed by atoms with E-state index in [1.54, 1.807) is 23.9 Å². The van der Waals surface area contributed by atoms with Crippen LogP contribution in [-0.4, -0.2) is 65.8 Å². The van der Waals surface area contributed by atoms with Crippen LogP contribution in [-0.2, 0) is 22.6 Å². The molecule has 2 aliphatic rings. The minimum atomic E-state index is -0.0175. The molecule has 2 atom stereocenters. The second-order valence-corrected chi connectivity index (χ2v) is 6.63. The molecule has 2 fully saturated rings. The van der Waals surface area contributed by atoms with Crippen molar-refractivity contribution in [3.63, 3.8) is 0 Å². The Morgan fingerprint density at radius 2 is 2.04 bits per heavy atom. The normalized spacial score (nSPS) is 24.3. The number of furan rings is 1. The molecule has 126 valence electrons. The van der Waals surface area contributed by atoms with Crippen molar-refractivity contribution in [3.05, 3.63) is 23.7 Å². The second kappa shape index (κ2) is 6.35. The van der Waals surface area contributed by atoms with E-state index in [1.807, 2.05) is 12.1 Å². The largest absolute Gasteiger partial charge is 0.465 e. The standard InChI is InChI=1S/C17H25N3O3/c1-4-12-5-6-13(23-12)10-19-8-7-14-15(19)9-16(21)20(14)11-17(22)18(2)3/h5-6,14-15H,4,7-11H2,1-3H3/t14-,15+/m1/s1. The number of likely N-dealkylation sites (N-methyl/N-ethyl adjacent to an activating group) is 1. The van der Waals surface area contributed by atoms with Gasteiger partial charge in [-0.1, -0.05) is 6.92 Å². The Balaban J connectivity index is 1.65. The predicted molar refractivity (Wildman–Crippen MR) is 85.7 cm³/mol. The number of carbonyl (C=O) groups excluding carboxylic acids is 2. The van der Waals surface area contributed by atoms with Gasteiger partial charge in [-0.15, -0.1) is 0 Å². The predicted octanol–water partition coefficient (Wildman–Crippen LogP) is 1.11. The summed E-state index contributed by atoms with van der Waals surface area (Å²) in [6.07, 6.45) is 2.33. The van der Waals surface area contributed by atoms with Gasteiger partial charge in [0.25, 0.3) is 0 Å². The quantitative estimate of drug-likeness (QED) is 0.816. The van der Waals surface area contributed by atoms with Crippen molar-refractivity contribution < 1.29 is 14.0 Å². The smallest absolute Gasteiger partial charge is 0.241 e. The number of likely N-dealkylation sites (tertiary alicyclic amines) is 2. The first-order valence-corrected chi connectivity index (χ1v) is 8.31. The van der Waals surface area contributed by atoms with Crippen molar-refractivity contribution in [1.82, 2.24) is 14.7 Å². The molecule has 0 bridgehead atoms. The molecule has 0 N–H and O–H groups in total.